The molecule has 1 atom stereocenters. The van der Waals surface area contributed by atoms with Gasteiger partial charge in [-0.05, 0) is 12.8 Å². The van der Waals surface area contributed by atoms with Crippen LogP contribution in [0.5, 0.6) is 0 Å². The van der Waals surface area contributed by atoms with Crippen molar-refractivity contribution in [2.75, 3.05) is 0 Å². The predicted molar refractivity (Wildman–Crippen MR) is 50.1 cm³/mol. The lowest BCUT2D eigenvalue weighted by molar-refractivity contribution is -0.130. The van der Waals surface area contributed by atoms with Crippen molar-refractivity contribution in [3.63, 3.8) is 0 Å². The zero-order valence-corrected chi connectivity index (χ0v) is 7.66. The average molecular weight is 182 g/mol. The van der Waals surface area contributed by atoms with Gasteiger partial charge < -0.3 is 10.2 Å². The van der Waals surface area contributed by atoms with Crippen LogP contribution in [0.2, 0.25) is 0 Å². The number of aliphatic hydroxyl groups is 1. The van der Waals surface area contributed by atoms with Gasteiger partial charge in [0.15, 0.2) is 0 Å². The van der Waals surface area contributed by atoms with Crippen LogP contribution in [-0.2, 0) is 4.79 Å². The van der Waals surface area contributed by atoms with Crippen LogP contribution in [0, 0.1) is 11.8 Å². The van der Waals surface area contributed by atoms with Crippen LogP contribution in [0.25, 0.3) is 0 Å². The molecule has 0 bridgehead atoms. The summed E-state index contributed by atoms with van der Waals surface area (Å²) in [6, 6.07) is 0. The molecule has 72 valence electrons. The second kappa shape index (κ2) is 7.38. The van der Waals surface area contributed by atoms with Gasteiger partial charge >= 0.3 is 5.97 Å². The van der Waals surface area contributed by atoms with Crippen LogP contribution in [0.3, 0.4) is 0 Å². The predicted octanol–water partition coefficient (Wildman–Crippen LogP) is 1.18. The van der Waals surface area contributed by atoms with Crippen molar-refractivity contribution in [3.8, 4) is 11.8 Å². The monoisotopic (exact) mass is 182 g/mol. The van der Waals surface area contributed by atoms with Crippen molar-refractivity contribution in [2.45, 2.75) is 32.3 Å². The van der Waals surface area contributed by atoms with Crippen molar-refractivity contribution in [2.24, 2.45) is 0 Å². The van der Waals surface area contributed by atoms with E-state index in [4.69, 9.17) is 5.11 Å². The van der Waals surface area contributed by atoms with Crippen LogP contribution < -0.4 is 0 Å². The summed E-state index contributed by atoms with van der Waals surface area (Å²) in [5, 5.41) is 17.4. The number of carboxylic acid groups (broad SMARTS) is 1. The number of aliphatic carboxylic acids is 1. The molecule has 3 nitrogen and oxygen atoms in total. The normalized spacial score (nSPS) is 12.2. The largest absolute Gasteiger partial charge is 0.472 e. The minimum atomic E-state index is -1.16. The second-order valence-electron chi connectivity index (χ2n) is 2.58. The molecule has 0 spiro atoms. The highest BCUT2D eigenvalue weighted by molar-refractivity contribution is 5.86. The Labute approximate surface area is 78.1 Å². The Morgan fingerprint density at radius 1 is 1.54 bits per heavy atom. The summed E-state index contributed by atoms with van der Waals surface area (Å²) >= 11 is 0. The third-order valence-electron chi connectivity index (χ3n) is 1.34. The minimum absolute atomic E-state index is 0.209. The number of carboxylic acids is 1. The Morgan fingerprint density at radius 2 is 2.23 bits per heavy atom. The number of allylic oxidation sites excluding steroid dienone is 1. The molecule has 0 saturated carbocycles. The lowest BCUT2D eigenvalue weighted by Gasteiger charge is -2.00. The van der Waals surface area contributed by atoms with Crippen LogP contribution >= 0.6 is 0 Å². The Bertz CT molecular complexity index is 232. The molecule has 0 heterocycles. The summed E-state index contributed by atoms with van der Waals surface area (Å²) in [6.07, 6.45) is 4.94. The number of rotatable bonds is 4. The first kappa shape index (κ1) is 11.7. The molecule has 0 amide bonds. The summed E-state index contributed by atoms with van der Waals surface area (Å²) in [6.45, 7) is 2.01. The average Bonchev–Trinajstić information content (AvgIpc) is 2.04. The van der Waals surface area contributed by atoms with Gasteiger partial charge in [-0.2, -0.15) is 0 Å². The Kier molecular flexibility index (Phi) is 6.66. The van der Waals surface area contributed by atoms with Gasteiger partial charge in [0.25, 0.3) is 0 Å². The molecule has 0 aliphatic carbocycles. The van der Waals surface area contributed by atoms with Crippen molar-refractivity contribution >= 4 is 5.97 Å². The molecule has 1 unspecified atom stereocenters. The molecule has 0 aromatic rings. The van der Waals surface area contributed by atoms with Crippen molar-refractivity contribution in [1.29, 1.82) is 0 Å². The number of carbonyl (C=O) groups is 1. The van der Waals surface area contributed by atoms with E-state index in [1.807, 2.05) is 25.0 Å². The molecule has 0 aliphatic rings. The summed E-state index contributed by atoms with van der Waals surface area (Å²) < 4.78 is 0. The zero-order chi connectivity index (χ0) is 10.1. The van der Waals surface area contributed by atoms with E-state index in [0.29, 0.717) is 6.42 Å². The van der Waals surface area contributed by atoms with Crippen molar-refractivity contribution in [1.82, 2.24) is 0 Å². The lowest BCUT2D eigenvalue weighted by Crippen LogP contribution is -2.03. The second-order valence-corrected chi connectivity index (χ2v) is 2.58. The van der Waals surface area contributed by atoms with Crippen LogP contribution in [0.15, 0.2) is 12.2 Å². The number of hydrogen-bond acceptors (Lipinski definition) is 2. The van der Waals surface area contributed by atoms with E-state index < -0.39 is 12.1 Å². The van der Waals surface area contributed by atoms with E-state index in [0.717, 1.165) is 6.42 Å². The number of aliphatic hydroxyl groups excluding tert-OH is 1. The maximum Gasteiger partial charge on any atom is 0.381 e. The Balaban J connectivity index is 3.64. The summed E-state index contributed by atoms with van der Waals surface area (Å²) in [5.74, 6) is 3.17. The summed E-state index contributed by atoms with van der Waals surface area (Å²) in [7, 11) is 0. The van der Waals surface area contributed by atoms with E-state index in [-0.39, 0.29) is 6.42 Å². The first-order chi connectivity index (χ1) is 6.16. The smallest absolute Gasteiger partial charge is 0.381 e. The first-order valence-electron chi connectivity index (χ1n) is 4.21. The highest BCUT2D eigenvalue weighted by Gasteiger charge is 1.97. The zero-order valence-electron chi connectivity index (χ0n) is 7.66. The highest BCUT2D eigenvalue weighted by atomic mass is 16.4. The molecule has 0 aliphatic heterocycles. The maximum atomic E-state index is 9.97. The molecular formula is C10H14O3. The first-order valence-corrected chi connectivity index (χ1v) is 4.21. The van der Waals surface area contributed by atoms with Gasteiger partial charge in [0, 0.05) is 12.3 Å². The number of hydrogen-bond donors (Lipinski definition) is 2. The van der Waals surface area contributed by atoms with Crippen LogP contribution in [0.1, 0.15) is 26.2 Å². The maximum absolute atomic E-state index is 9.97. The molecule has 0 rings (SSSR count). The third-order valence-corrected chi connectivity index (χ3v) is 1.34. The molecule has 0 radical (unpaired) electrons. The van der Waals surface area contributed by atoms with Gasteiger partial charge in [0.2, 0.25) is 0 Å². The van der Waals surface area contributed by atoms with Crippen LogP contribution in [0.4, 0.5) is 0 Å². The molecule has 0 aromatic carbocycles. The summed E-state index contributed by atoms with van der Waals surface area (Å²) in [4.78, 5) is 9.97. The Hall–Kier alpha value is -1.27. The Morgan fingerprint density at radius 3 is 2.77 bits per heavy atom. The van der Waals surface area contributed by atoms with Crippen molar-refractivity contribution in [3.05, 3.63) is 12.2 Å². The molecule has 0 fully saturated rings. The molecule has 13 heavy (non-hydrogen) atoms. The molecule has 0 aromatic heterocycles. The van der Waals surface area contributed by atoms with Crippen molar-refractivity contribution < 1.29 is 15.0 Å². The lowest BCUT2D eigenvalue weighted by atomic mass is 10.2. The van der Waals surface area contributed by atoms with Gasteiger partial charge in [0.1, 0.15) is 0 Å². The SMILES string of the molecule is CCC=CCC(O)CC#CC(=O)O. The molecule has 2 N–H and O–H groups in total. The fraction of sp³-hybridized carbons (Fsp3) is 0.500. The molecule has 0 saturated heterocycles. The summed E-state index contributed by atoms with van der Waals surface area (Å²) in [5.41, 5.74) is 0. The van der Waals surface area contributed by atoms with Gasteiger partial charge in [0.05, 0.1) is 6.10 Å². The molecule has 3 heteroatoms. The van der Waals surface area contributed by atoms with Crippen LogP contribution in [-0.4, -0.2) is 22.3 Å². The quantitative estimate of drug-likeness (QED) is 0.507. The highest BCUT2D eigenvalue weighted by Crippen LogP contribution is 1.98. The fourth-order valence-electron chi connectivity index (χ4n) is 0.748. The van der Waals surface area contributed by atoms with E-state index in [9.17, 15) is 9.90 Å². The van der Waals surface area contributed by atoms with E-state index >= 15 is 0 Å². The van der Waals surface area contributed by atoms with Gasteiger partial charge in [-0.1, -0.05) is 25.0 Å². The van der Waals surface area contributed by atoms with E-state index in [1.54, 1.807) is 0 Å². The minimum Gasteiger partial charge on any atom is -0.472 e. The topological polar surface area (TPSA) is 57.5 Å². The standard InChI is InChI=1S/C10H14O3/c1-2-3-4-6-9(11)7-5-8-10(12)13/h3-4,9,11H,2,6-7H2,1H3,(H,12,13). The molecular weight excluding hydrogens is 168 g/mol. The van der Waals surface area contributed by atoms with E-state index in [2.05, 4.69) is 5.92 Å². The fourth-order valence-corrected chi connectivity index (χ4v) is 0.748. The third kappa shape index (κ3) is 8.64. The van der Waals surface area contributed by atoms with E-state index in [1.165, 1.54) is 0 Å². The van der Waals surface area contributed by atoms with Gasteiger partial charge in [-0.3, -0.25) is 0 Å². The van der Waals surface area contributed by atoms with Gasteiger partial charge in [-0.15, -0.1) is 0 Å². The van der Waals surface area contributed by atoms with Gasteiger partial charge in [-0.25, -0.2) is 4.79 Å².